The fourth-order valence-corrected chi connectivity index (χ4v) is 5.62. The van der Waals surface area contributed by atoms with Crippen molar-refractivity contribution in [3.63, 3.8) is 0 Å². The van der Waals surface area contributed by atoms with Crippen LogP contribution in [-0.4, -0.2) is 65.8 Å². The van der Waals surface area contributed by atoms with Gasteiger partial charge in [0, 0.05) is 42.0 Å². The van der Waals surface area contributed by atoms with Gasteiger partial charge < -0.3 is 30.0 Å². The Balaban J connectivity index is 1.38. The number of nitrogens with zero attached hydrogens (tertiary/aromatic N) is 4. The fourth-order valence-electron chi connectivity index (χ4n) is 5.62. The van der Waals surface area contributed by atoms with Crippen LogP contribution >= 0.6 is 0 Å². The third-order valence-electron chi connectivity index (χ3n) is 8.00. The van der Waals surface area contributed by atoms with Gasteiger partial charge in [-0.1, -0.05) is 24.3 Å². The van der Waals surface area contributed by atoms with Gasteiger partial charge in [0.05, 0.1) is 12.8 Å². The number of allylic oxidation sites excluding steroid dienone is 3. The number of amidine groups is 1. The molecule has 47 heavy (non-hydrogen) atoms. The first-order valence-electron chi connectivity index (χ1n) is 14.9. The first-order chi connectivity index (χ1) is 22.6. The van der Waals surface area contributed by atoms with Crippen LogP contribution in [0.1, 0.15) is 24.2 Å². The molecule has 0 radical (unpaired) electrons. The summed E-state index contributed by atoms with van der Waals surface area (Å²) in [6.07, 6.45) is 11.8. The minimum Gasteiger partial charge on any atom is -0.504 e. The maximum Gasteiger partial charge on any atom is 0.332 e. The number of rotatable bonds is 9. The molecule has 1 aromatic heterocycles. The Morgan fingerprint density at radius 1 is 1.15 bits per heavy atom. The highest BCUT2D eigenvalue weighted by atomic mass is 19.1. The molecular formula is C34H32F2N6O5. The second-order valence-electron chi connectivity index (χ2n) is 11.1. The number of phenols is 1. The standard InChI is InChI=1S/C34H32F2N6O5/c1-3-45-34(44)25-14-19-6-4-5-7-21(19)18-42(25)22-9-11-27(23(16-22)32-39-12-13-41(32)2)46-30-24(35)17-40-33(29(30)36)47-28-15-20(31(37)38)8-10-26(28)43/h4-12,14-17,21,25,32,43H,3,13,18H2,1-2H3,(H3,37,38). The van der Waals surface area contributed by atoms with Crippen LogP contribution < -0.4 is 20.1 Å². The molecule has 3 atom stereocenters. The number of halogens is 2. The zero-order valence-electron chi connectivity index (χ0n) is 25.6. The summed E-state index contributed by atoms with van der Waals surface area (Å²) in [6, 6.07) is 8.23. The number of hydrogen-bond acceptors (Lipinski definition) is 10. The molecule has 3 heterocycles. The van der Waals surface area contributed by atoms with Crippen LogP contribution in [0, 0.1) is 23.0 Å². The van der Waals surface area contributed by atoms with E-state index >= 15 is 8.78 Å². The van der Waals surface area contributed by atoms with Crippen LogP contribution in [0.4, 0.5) is 14.5 Å². The number of aromatic hydroxyl groups is 1. The number of carbonyl (C=O) groups excluding carboxylic acids is 1. The minimum atomic E-state index is -1.26. The lowest BCUT2D eigenvalue weighted by Gasteiger charge is -2.38. The van der Waals surface area contributed by atoms with Gasteiger partial charge >= 0.3 is 5.97 Å². The molecule has 2 aliphatic heterocycles. The smallest absolute Gasteiger partial charge is 0.332 e. The molecule has 1 aliphatic carbocycles. The van der Waals surface area contributed by atoms with Crippen LogP contribution in [0.15, 0.2) is 83.5 Å². The summed E-state index contributed by atoms with van der Waals surface area (Å²) in [5.41, 5.74) is 7.92. The summed E-state index contributed by atoms with van der Waals surface area (Å²) >= 11 is 0. The van der Waals surface area contributed by atoms with Crippen molar-refractivity contribution in [2.24, 2.45) is 16.6 Å². The van der Waals surface area contributed by atoms with Gasteiger partial charge in [-0.25, -0.2) is 14.2 Å². The lowest BCUT2D eigenvalue weighted by molar-refractivity contribution is -0.143. The predicted octanol–water partition coefficient (Wildman–Crippen LogP) is 5.37. The second kappa shape index (κ2) is 13.0. The average molecular weight is 643 g/mol. The number of ether oxygens (including phenoxy) is 3. The van der Waals surface area contributed by atoms with Crippen LogP contribution in [0.5, 0.6) is 28.9 Å². The maximum atomic E-state index is 15.8. The molecule has 0 saturated carbocycles. The van der Waals surface area contributed by atoms with E-state index in [1.54, 1.807) is 31.3 Å². The molecule has 3 unspecified atom stereocenters. The quantitative estimate of drug-likeness (QED) is 0.159. The van der Waals surface area contributed by atoms with Crippen molar-refractivity contribution in [3.8, 4) is 28.9 Å². The number of nitrogens with one attached hydrogen (secondary N) is 1. The van der Waals surface area contributed by atoms with Gasteiger partial charge in [0.15, 0.2) is 17.3 Å². The fraction of sp³-hybridized carbons (Fsp3) is 0.235. The summed E-state index contributed by atoms with van der Waals surface area (Å²) in [6.45, 7) is 3.00. The Morgan fingerprint density at radius 3 is 2.72 bits per heavy atom. The molecule has 2 aromatic carbocycles. The third-order valence-corrected chi connectivity index (χ3v) is 8.00. The monoisotopic (exact) mass is 642 g/mol. The topological polar surface area (TPSA) is 147 Å². The van der Waals surface area contributed by atoms with E-state index in [0.717, 1.165) is 11.8 Å². The van der Waals surface area contributed by atoms with Crippen molar-refractivity contribution in [1.29, 1.82) is 5.41 Å². The lowest BCUT2D eigenvalue weighted by atomic mass is 9.87. The van der Waals surface area contributed by atoms with Gasteiger partial charge in [0.2, 0.25) is 11.6 Å². The number of anilines is 1. The summed E-state index contributed by atoms with van der Waals surface area (Å²) in [5.74, 6) is -4.97. The van der Waals surface area contributed by atoms with Gasteiger partial charge in [-0.05, 0) is 62.0 Å². The number of fused-ring (bicyclic) bond motifs is 1. The maximum absolute atomic E-state index is 15.8. The van der Waals surface area contributed by atoms with E-state index in [1.807, 2.05) is 41.2 Å². The predicted molar refractivity (Wildman–Crippen MR) is 171 cm³/mol. The van der Waals surface area contributed by atoms with E-state index in [-0.39, 0.29) is 41.2 Å². The summed E-state index contributed by atoms with van der Waals surface area (Å²) < 4.78 is 47.7. The number of carbonyl (C=O) groups is 1. The number of benzene rings is 2. The Morgan fingerprint density at radius 2 is 1.98 bits per heavy atom. The number of hydrogen-bond donors (Lipinski definition) is 3. The first-order valence-corrected chi connectivity index (χ1v) is 14.9. The Labute approximate surface area is 269 Å². The van der Waals surface area contributed by atoms with Gasteiger partial charge in [-0.15, -0.1) is 0 Å². The van der Waals surface area contributed by atoms with Gasteiger partial charge in [-0.2, -0.15) is 4.39 Å². The largest absolute Gasteiger partial charge is 0.504 e. The van der Waals surface area contributed by atoms with E-state index in [4.69, 9.17) is 25.4 Å². The number of nitrogen functional groups attached to an aromatic ring is 1. The molecule has 3 aromatic rings. The van der Waals surface area contributed by atoms with E-state index in [0.29, 0.717) is 24.3 Å². The molecule has 13 heteroatoms. The highest BCUT2D eigenvalue weighted by molar-refractivity contribution is 5.95. The molecule has 0 saturated heterocycles. The van der Waals surface area contributed by atoms with Crippen LogP contribution in [0.2, 0.25) is 0 Å². The summed E-state index contributed by atoms with van der Waals surface area (Å²) in [7, 11) is 1.85. The van der Waals surface area contributed by atoms with Gasteiger partial charge in [0.1, 0.15) is 23.8 Å². The summed E-state index contributed by atoms with van der Waals surface area (Å²) in [4.78, 5) is 25.3. The molecule has 3 aliphatic rings. The van der Waals surface area contributed by atoms with Crippen molar-refractivity contribution in [1.82, 2.24) is 9.88 Å². The zero-order valence-corrected chi connectivity index (χ0v) is 25.6. The van der Waals surface area contributed by atoms with Crippen LogP contribution in [-0.2, 0) is 9.53 Å². The molecule has 0 spiro atoms. The number of aliphatic imine (C=N–C) groups is 1. The van der Waals surface area contributed by atoms with E-state index in [1.165, 1.54) is 18.2 Å². The number of pyridine rings is 1. The second-order valence-corrected chi connectivity index (χ2v) is 11.1. The highest BCUT2D eigenvalue weighted by Crippen LogP contribution is 2.42. The van der Waals surface area contributed by atoms with Crippen molar-refractivity contribution in [2.75, 3.05) is 31.6 Å². The van der Waals surface area contributed by atoms with E-state index in [9.17, 15) is 9.90 Å². The van der Waals surface area contributed by atoms with Crippen LogP contribution in [0.25, 0.3) is 0 Å². The van der Waals surface area contributed by atoms with Crippen molar-refractivity contribution in [2.45, 2.75) is 19.1 Å². The minimum absolute atomic E-state index is 0.0474. The average Bonchev–Trinajstić information content (AvgIpc) is 3.50. The highest BCUT2D eigenvalue weighted by Gasteiger charge is 2.35. The van der Waals surface area contributed by atoms with Crippen LogP contribution in [0.3, 0.4) is 0 Å². The number of aromatic nitrogens is 1. The molecular weight excluding hydrogens is 610 g/mol. The molecule has 4 N–H and O–H groups in total. The van der Waals surface area contributed by atoms with Crippen molar-refractivity contribution < 1.29 is 32.9 Å². The lowest BCUT2D eigenvalue weighted by Crippen LogP contribution is -2.47. The first kappa shape index (κ1) is 31.4. The SMILES string of the molecule is CCOC(=O)C1C=C2C=CC=CC2CN1c1ccc(Oc2c(F)cnc(Oc3cc(C(=N)N)ccc3O)c2F)c(C2N=CCN2C)c1. The van der Waals surface area contributed by atoms with E-state index < -0.39 is 41.4 Å². The van der Waals surface area contributed by atoms with Gasteiger partial charge in [0.25, 0.3) is 5.88 Å². The third kappa shape index (κ3) is 6.29. The normalized spacial score (nSPS) is 20.1. The number of phenolic OH excluding ortho intramolecular Hbond substituents is 1. The zero-order chi connectivity index (χ0) is 33.2. The molecule has 0 fully saturated rings. The Hall–Kier alpha value is -5.56. The molecule has 0 amide bonds. The number of nitrogens with two attached hydrogens (primary N) is 1. The molecule has 242 valence electrons. The Bertz CT molecular complexity index is 1860. The number of esters is 1. The molecule has 6 rings (SSSR count). The molecule has 11 nitrogen and oxygen atoms in total. The van der Waals surface area contributed by atoms with Gasteiger partial charge in [-0.3, -0.25) is 15.3 Å². The summed E-state index contributed by atoms with van der Waals surface area (Å²) in [5, 5.41) is 17.9. The van der Waals surface area contributed by atoms with E-state index in [2.05, 4.69) is 16.1 Å². The molecule has 0 bridgehead atoms. The van der Waals surface area contributed by atoms with Crippen molar-refractivity contribution in [3.05, 3.63) is 101 Å². The van der Waals surface area contributed by atoms with Crippen molar-refractivity contribution >= 4 is 23.7 Å². The Kier molecular flexibility index (Phi) is 8.72.